The number of nitrogens with zero attached hydrogens (tertiary/aromatic N) is 1. The standard InChI is InChI=1S/C16H17N3O3/c1-11-6-12(2)8-14(7-11)21-10-15(20)22-19-16(17)13-4-3-5-18-9-13/h3-9H,10H2,1-2H3,(H2,17,19)/p+1. The molecule has 1 aromatic carbocycles. The molecule has 2 aromatic rings. The van der Waals surface area contributed by atoms with Crippen LogP contribution in [0.5, 0.6) is 5.75 Å². The Hall–Kier alpha value is -2.89. The summed E-state index contributed by atoms with van der Waals surface area (Å²) in [4.78, 5) is 19.2. The molecule has 0 aliphatic carbocycles. The monoisotopic (exact) mass is 300 g/mol. The molecule has 0 saturated heterocycles. The first-order chi connectivity index (χ1) is 10.5. The van der Waals surface area contributed by atoms with Crippen molar-refractivity contribution >= 4 is 11.8 Å². The molecule has 0 unspecified atom stereocenters. The van der Waals surface area contributed by atoms with Crippen molar-refractivity contribution in [2.45, 2.75) is 13.8 Å². The van der Waals surface area contributed by atoms with Crippen LogP contribution in [0.3, 0.4) is 0 Å². The molecule has 6 nitrogen and oxygen atoms in total. The molecule has 3 N–H and O–H groups in total. The van der Waals surface area contributed by atoms with Crippen molar-refractivity contribution in [1.29, 1.82) is 0 Å². The molecule has 0 radical (unpaired) electrons. The van der Waals surface area contributed by atoms with Gasteiger partial charge in [0.25, 0.3) is 0 Å². The van der Waals surface area contributed by atoms with E-state index in [1.807, 2.05) is 32.0 Å². The molecule has 6 heteroatoms. The largest absolute Gasteiger partial charge is 0.482 e. The van der Waals surface area contributed by atoms with Crippen LogP contribution in [0.25, 0.3) is 0 Å². The van der Waals surface area contributed by atoms with Crippen molar-refractivity contribution in [1.82, 2.24) is 0 Å². The highest BCUT2D eigenvalue weighted by Gasteiger charge is 2.07. The van der Waals surface area contributed by atoms with Gasteiger partial charge in [0.05, 0.1) is 5.56 Å². The number of aryl methyl sites for hydroxylation is 2. The molecule has 0 aliphatic rings. The Bertz CT molecular complexity index is 664. The molecule has 1 aromatic heterocycles. The second-order valence-electron chi connectivity index (χ2n) is 4.84. The smallest absolute Gasteiger partial charge is 0.372 e. The maximum absolute atomic E-state index is 11.6. The molecule has 22 heavy (non-hydrogen) atoms. The quantitative estimate of drug-likeness (QED) is 0.391. The second-order valence-corrected chi connectivity index (χ2v) is 4.84. The van der Waals surface area contributed by atoms with Gasteiger partial charge in [0.2, 0.25) is 0 Å². The number of amidine groups is 1. The summed E-state index contributed by atoms with van der Waals surface area (Å²) in [6.45, 7) is 3.68. The Morgan fingerprint density at radius 2 is 2.00 bits per heavy atom. The lowest BCUT2D eigenvalue weighted by molar-refractivity contribution is -0.378. The summed E-state index contributed by atoms with van der Waals surface area (Å²) in [6, 6.07) is 9.22. The van der Waals surface area contributed by atoms with E-state index < -0.39 is 5.97 Å². The minimum absolute atomic E-state index is 0.108. The number of hydrogen-bond acceptors (Lipinski definition) is 4. The average Bonchev–Trinajstić information content (AvgIpc) is 2.50. The number of ether oxygens (including phenoxy) is 1. The fourth-order valence-corrected chi connectivity index (χ4v) is 1.89. The van der Waals surface area contributed by atoms with E-state index in [-0.39, 0.29) is 12.4 Å². The van der Waals surface area contributed by atoms with E-state index in [0.29, 0.717) is 11.3 Å². The molecule has 0 bridgehead atoms. The summed E-state index contributed by atoms with van der Waals surface area (Å²) >= 11 is 0. The van der Waals surface area contributed by atoms with Crippen LogP contribution >= 0.6 is 0 Å². The van der Waals surface area contributed by atoms with E-state index in [1.54, 1.807) is 24.5 Å². The first-order valence-electron chi connectivity index (χ1n) is 6.75. The van der Waals surface area contributed by atoms with E-state index in [1.165, 1.54) is 0 Å². The van der Waals surface area contributed by atoms with E-state index in [9.17, 15) is 4.79 Å². The van der Waals surface area contributed by atoms with Gasteiger partial charge in [0.1, 0.15) is 5.75 Å². The Morgan fingerprint density at radius 3 is 2.64 bits per heavy atom. The lowest BCUT2D eigenvalue weighted by atomic mass is 10.1. The summed E-state index contributed by atoms with van der Waals surface area (Å²) in [5.41, 5.74) is 8.45. The third-order valence-corrected chi connectivity index (χ3v) is 2.80. The Balaban J connectivity index is 1.88. The van der Waals surface area contributed by atoms with Gasteiger partial charge < -0.3 is 15.3 Å². The van der Waals surface area contributed by atoms with Crippen LogP contribution in [0, 0.1) is 13.8 Å². The summed E-state index contributed by atoms with van der Waals surface area (Å²) < 4.78 is 5.38. The molecular formula is C16H18N3O3+. The summed E-state index contributed by atoms with van der Waals surface area (Å²) in [5.74, 6) is 0.0997. The maximum Gasteiger partial charge on any atom is 0.372 e. The predicted molar refractivity (Wildman–Crippen MR) is 81.2 cm³/mol. The van der Waals surface area contributed by atoms with Crippen LogP contribution in [0.4, 0.5) is 0 Å². The van der Waals surface area contributed by atoms with Gasteiger partial charge in [-0.3, -0.25) is 0 Å². The molecule has 0 spiro atoms. The van der Waals surface area contributed by atoms with Gasteiger partial charge in [-0.25, -0.2) is 9.78 Å². The zero-order valence-corrected chi connectivity index (χ0v) is 12.5. The summed E-state index contributed by atoms with van der Waals surface area (Å²) in [6.07, 6.45) is 3.39. The summed E-state index contributed by atoms with van der Waals surface area (Å²) in [5, 5.41) is 3.59. The molecular weight excluding hydrogens is 282 g/mol. The highest BCUT2D eigenvalue weighted by Crippen LogP contribution is 2.16. The molecule has 2 rings (SSSR count). The van der Waals surface area contributed by atoms with Gasteiger partial charge in [-0.05, 0) is 43.2 Å². The predicted octanol–water partition coefficient (Wildman–Crippen LogP) is 1.36. The third-order valence-electron chi connectivity index (χ3n) is 2.80. The van der Waals surface area contributed by atoms with Crippen molar-refractivity contribution in [2.24, 2.45) is 10.9 Å². The molecule has 0 aliphatic heterocycles. The number of H-pyrrole nitrogens is 1. The lowest BCUT2D eigenvalue weighted by Gasteiger charge is -2.06. The second kappa shape index (κ2) is 7.21. The number of carbonyl (C=O) groups excluding carboxylic acids is 1. The average molecular weight is 300 g/mol. The minimum Gasteiger partial charge on any atom is -0.482 e. The van der Waals surface area contributed by atoms with Crippen LogP contribution in [0.1, 0.15) is 16.7 Å². The van der Waals surface area contributed by atoms with Crippen LogP contribution < -0.4 is 15.5 Å². The van der Waals surface area contributed by atoms with Crippen molar-refractivity contribution in [3.8, 4) is 5.75 Å². The van der Waals surface area contributed by atoms with Gasteiger partial charge >= 0.3 is 5.97 Å². The molecule has 0 atom stereocenters. The highest BCUT2D eigenvalue weighted by molar-refractivity contribution is 5.96. The fourth-order valence-electron chi connectivity index (χ4n) is 1.89. The van der Waals surface area contributed by atoms with Crippen molar-refractivity contribution in [3.05, 3.63) is 59.4 Å². The number of aromatic nitrogens is 1. The first-order valence-corrected chi connectivity index (χ1v) is 6.75. The number of benzene rings is 1. The molecule has 114 valence electrons. The van der Waals surface area contributed by atoms with Gasteiger partial charge in [-0.2, -0.15) is 0 Å². The number of rotatable bonds is 5. The number of aromatic amines is 1. The van der Waals surface area contributed by atoms with Crippen LogP contribution in [-0.4, -0.2) is 18.4 Å². The lowest BCUT2D eigenvalue weighted by Crippen LogP contribution is -2.19. The van der Waals surface area contributed by atoms with Crippen molar-refractivity contribution in [3.63, 3.8) is 0 Å². The number of carbonyl (C=O) groups is 1. The number of pyridine rings is 1. The van der Waals surface area contributed by atoms with Crippen LogP contribution in [0.2, 0.25) is 0 Å². The first kappa shape index (κ1) is 15.5. The number of oxime groups is 1. The van der Waals surface area contributed by atoms with E-state index in [4.69, 9.17) is 15.3 Å². The SMILES string of the molecule is Cc1cc(C)cc(OCC(=O)ON=C(N)c2ccc[nH+]c2)c1. The third kappa shape index (κ3) is 4.59. The number of nitrogens with two attached hydrogens (primary N) is 1. The Morgan fingerprint density at radius 1 is 1.27 bits per heavy atom. The van der Waals surface area contributed by atoms with E-state index in [2.05, 4.69) is 10.1 Å². The topological polar surface area (TPSA) is 88.0 Å². The van der Waals surface area contributed by atoms with Gasteiger partial charge in [0.15, 0.2) is 24.8 Å². The van der Waals surface area contributed by atoms with Crippen LogP contribution in [0.15, 0.2) is 47.9 Å². The molecule has 1 heterocycles. The number of nitrogens with one attached hydrogen (secondary N) is 1. The zero-order valence-electron chi connectivity index (χ0n) is 12.5. The van der Waals surface area contributed by atoms with Crippen LogP contribution in [-0.2, 0) is 9.63 Å². The maximum atomic E-state index is 11.6. The Kier molecular flexibility index (Phi) is 5.08. The van der Waals surface area contributed by atoms with Gasteiger partial charge in [-0.1, -0.05) is 11.2 Å². The zero-order chi connectivity index (χ0) is 15.9. The van der Waals surface area contributed by atoms with Crippen molar-refractivity contribution < 1.29 is 19.4 Å². The highest BCUT2D eigenvalue weighted by atomic mass is 16.7. The summed E-state index contributed by atoms with van der Waals surface area (Å²) in [7, 11) is 0. The fraction of sp³-hybridized carbons (Fsp3) is 0.188. The van der Waals surface area contributed by atoms with Crippen molar-refractivity contribution in [2.75, 3.05) is 6.61 Å². The Labute approximate surface area is 128 Å². The molecule has 0 saturated carbocycles. The van der Waals surface area contributed by atoms with Gasteiger partial charge in [-0.15, -0.1) is 0 Å². The molecule has 0 fully saturated rings. The van der Waals surface area contributed by atoms with Gasteiger partial charge in [0, 0.05) is 6.07 Å². The number of hydrogen-bond donors (Lipinski definition) is 1. The normalized spacial score (nSPS) is 11.1. The molecule has 0 amide bonds. The minimum atomic E-state index is -0.623. The van der Waals surface area contributed by atoms with E-state index >= 15 is 0 Å². The van der Waals surface area contributed by atoms with E-state index in [0.717, 1.165) is 11.1 Å².